The Morgan fingerprint density at radius 3 is 2.52 bits per heavy atom. The molecule has 2 aromatic rings. The lowest BCUT2D eigenvalue weighted by Crippen LogP contribution is -2.35. The first-order valence-corrected chi connectivity index (χ1v) is 9.50. The lowest BCUT2D eigenvalue weighted by Gasteiger charge is -2.33. The largest absolute Gasteiger partial charge is 0.390 e. The Hall–Kier alpha value is -1.10. The molecule has 0 saturated heterocycles. The van der Waals surface area contributed by atoms with Gasteiger partial charge >= 0.3 is 0 Å². The topological polar surface area (TPSA) is 50.9 Å². The first-order valence-electron chi connectivity index (χ1n) is 8.75. The van der Waals surface area contributed by atoms with Gasteiger partial charge in [0, 0.05) is 10.0 Å². The predicted octanol–water partition coefficient (Wildman–Crippen LogP) is 5.34. The fourth-order valence-corrected chi connectivity index (χ4v) is 3.47. The highest BCUT2D eigenvalue weighted by Gasteiger charge is 2.31. The number of hydrogen-bond acceptors (Lipinski definition) is 3. The Kier molecular flexibility index (Phi) is 7.29. The van der Waals surface area contributed by atoms with Crippen LogP contribution in [0.4, 0.5) is 0 Å². The van der Waals surface area contributed by atoms with E-state index in [0.717, 1.165) is 42.7 Å². The highest BCUT2D eigenvalue weighted by atomic mass is 35.5. The van der Waals surface area contributed by atoms with Crippen molar-refractivity contribution in [3.63, 3.8) is 0 Å². The molecule has 0 aliphatic rings. The molecule has 4 nitrogen and oxygen atoms in total. The molecular formula is C19H27Cl2N3O. The zero-order valence-corrected chi connectivity index (χ0v) is 16.6. The minimum atomic E-state index is -0.472. The van der Waals surface area contributed by atoms with Gasteiger partial charge in [-0.15, -0.1) is 0 Å². The van der Waals surface area contributed by atoms with Gasteiger partial charge in [0.25, 0.3) is 0 Å². The van der Waals surface area contributed by atoms with Crippen molar-refractivity contribution in [2.24, 2.45) is 5.41 Å². The molecule has 25 heavy (non-hydrogen) atoms. The van der Waals surface area contributed by atoms with E-state index in [2.05, 4.69) is 10.1 Å². The molecular weight excluding hydrogens is 357 g/mol. The van der Waals surface area contributed by atoms with E-state index in [4.69, 9.17) is 23.2 Å². The summed E-state index contributed by atoms with van der Waals surface area (Å²) in [5.41, 5.74) is 0.932. The van der Waals surface area contributed by atoms with Crippen molar-refractivity contribution in [2.45, 2.75) is 65.0 Å². The van der Waals surface area contributed by atoms with Crippen LogP contribution in [0.2, 0.25) is 10.0 Å². The minimum absolute atomic E-state index is 0.0541. The molecule has 0 saturated carbocycles. The Labute approximate surface area is 160 Å². The van der Waals surface area contributed by atoms with Crippen LogP contribution in [0.1, 0.15) is 58.1 Å². The molecule has 1 N–H and O–H groups in total. The third kappa shape index (κ3) is 5.98. The van der Waals surface area contributed by atoms with Crippen molar-refractivity contribution in [1.29, 1.82) is 0 Å². The molecule has 0 fully saturated rings. The van der Waals surface area contributed by atoms with Crippen LogP contribution in [0.3, 0.4) is 0 Å². The predicted molar refractivity (Wildman–Crippen MR) is 103 cm³/mol. The highest BCUT2D eigenvalue weighted by Crippen LogP contribution is 2.31. The van der Waals surface area contributed by atoms with Gasteiger partial charge in [0.1, 0.15) is 12.7 Å². The van der Waals surface area contributed by atoms with E-state index in [-0.39, 0.29) is 11.5 Å². The van der Waals surface area contributed by atoms with E-state index in [1.54, 1.807) is 17.1 Å². The van der Waals surface area contributed by atoms with Crippen molar-refractivity contribution >= 4 is 23.2 Å². The standard InChI is InChI=1S/C19H27Cl2N3O/c1-19(2,3)18(25)17(24-13-22-12-23-24)8-6-4-5-7-14-9-10-15(20)11-16(14)21/h9-13,17-18,25H,4-8H2,1-3H3. The number of halogens is 2. The SMILES string of the molecule is CC(C)(C)C(O)C(CCCCCc1ccc(Cl)cc1Cl)n1cncn1. The number of unbranched alkanes of at least 4 members (excludes halogenated alkanes) is 2. The van der Waals surface area contributed by atoms with Gasteiger partial charge in [-0.25, -0.2) is 9.67 Å². The Morgan fingerprint density at radius 2 is 1.92 bits per heavy atom. The molecule has 0 radical (unpaired) electrons. The summed E-state index contributed by atoms with van der Waals surface area (Å²) in [4.78, 5) is 4.02. The van der Waals surface area contributed by atoms with E-state index in [9.17, 15) is 5.11 Å². The van der Waals surface area contributed by atoms with Crippen molar-refractivity contribution in [2.75, 3.05) is 0 Å². The summed E-state index contributed by atoms with van der Waals surface area (Å²) in [7, 11) is 0. The molecule has 1 aromatic carbocycles. The lowest BCUT2D eigenvalue weighted by atomic mass is 9.83. The number of rotatable bonds is 8. The fourth-order valence-electron chi connectivity index (χ4n) is 2.97. The van der Waals surface area contributed by atoms with Crippen molar-refractivity contribution in [3.05, 3.63) is 46.5 Å². The molecule has 1 heterocycles. The number of aromatic nitrogens is 3. The Balaban J connectivity index is 1.85. The maximum absolute atomic E-state index is 10.7. The smallest absolute Gasteiger partial charge is 0.137 e. The molecule has 2 unspecified atom stereocenters. The Morgan fingerprint density at radius 1 is 1.16 bits per heavy atom. The van der Waals surface area contributed by atoms with Gasteiger partial charge < -0.3 is 5.11 Å². The summed E-state index contributed by atoms with van der Waals surface area (Å²) in [5.74, 6) is 0. The summed E-state index contributed by atoms with van der Waals surface area (Å²) in [6.07, 6.45) is 7.68. The molecule has 2 rings (SSSR count). The molecule has 1 aromatic heterocycles. The minimum Gasteiger partial charge on any atom is -0.390 e. The zero-order valence-electron chi connectivity index (χ0n) is 15.1. The van der Waals surface area contributed by atoms with E-state index in [1.807, 2.05) is 32.9 Å². The lowest BCUT2D eigenvalue weighted by molar-refractivity contribution is 0.00846. The maximum Gasteiger partial charge on any atom is 0.137 e. The third-order valence-electron chi connectivity index (χ3n) is 4.49. The maximum atomic E-state index is 10.7. The second-order valence-electron chi connectivity index (χ2n) is 7.59. The summed E-state index contributed by atoms with van der Waals surface area (Å²) in [6, 6.07) is 5.61. The van der Waals surface area contributed by atoms with Crippen LogP contribution < -0.4 is 0 Å². The average molecular weight is 384 g/mol. The number of hydrogen-bond donors (Lipinski definition) is 1. The number of aliphatic hydroxyl groups excluding tert-OH is 1. The number of nitrogens with zero attached hydrogens (tertiary/aromatic N) is 3. The molecule has 138 valence electrons. The van der Waals surface area contributed by atoms with Crippen molar-refractivity contribution < 1.29 is 5.11 Å². The van der Waals surface area contributed by atoms with Gasteiger partial charge in [0.15, 0.2) is 0 Å². The highest BCUT2D eigenvalue weighted by molar-refractivity contribution is 6.35. The molecule has 2 atom stereocenters. The second kappa shape index (κ2) is 9.02. The van der Waals surface area contributed by atoms with Crippen molar-refractivity contribution in [1.82, 2.24) is 14.8 Å². The molecule has 0 spiro atoms. The summed E-state index contributed by atoms with van der Waals surface area (Å²) in [5, 5.41) is 16.3. The molecule has 6 heteroatoms. The first-order chi connectivity index (χ1) is 11.8. The van der Waals surface area contributed by atoms with Crippen LogP contribution in [0.25, 0.3) is 0 Å². The average Bonchev–Trinajstić information content (AvgIpc) is 3.05. The molecule has 0 bridgehead atoms. The van der Waals surface area contributed by atoms with Gasteiger partial charge in [0.2, 0.25) is 0 Å². The van der Waals surface area contributed by atoms with Gasteiger partial charge in [-0.05, 0) is 42.4 Å². The van der Waals surface area contributed by atoms with E-state index in [0.29, 0.717) is 5.02 Å². The third-order valence-corrected chi connectivity index (χ3v) is 5.08. The number of benzene rings is 1. The summed E-state index contributed by atoms with van der Waals surface area (Å²) in [6.45, 7) is 6.14. The van der Waals surface area contributed by atoms with Crippen LogP contribution in [0.5, 0.6) is 0 Å². The van der Waals surface area contributed by atoms with E-state index >= 15 is 0 Å². The van der Waals surface area contributed by atoms with E-state index < -0.39 is 6.10 Å². The molecule has 0 aliphatic carbocycles. The fraction of sp³-hybridized carbons (Fsp3) is 0.579. The van der Waals surface area contributed by atoms with Gasteiger partial charge in [-0.3, -0.25) is 0 Å². The summed E-state index contributed by atoms with van der Waals surface area (Å²) < 4.78 is 1.78. The first kappa shape index (κ1) is 20.2. The van der Waals surface area contributed by atoms with Crippen molar-refractivity contribution in [3.8, 4) is 0 Å². The Bertz CT molecular complexity index is 653. The van der Waals surface area contributed by atoms with Crippen LogP contribution in [-0.2, 0) is 6.42 Å². The normalized spacial score (nSPS) is 14.5. The second-order valence-corrected chi connectivity index (χ2v) is 8.43. The zero-order chi connectivity index (χ0) is 18.4. The van der Waals surface area contributed by atoms with E-state index in [1.165, 1.54) is 6.33 Å². The number of aryl methyl sites for hydroxylation is 1. The summed E-state index contributed by atoms with van der Waals surface area (Å²) >= 11 is 12.1. The van der Waals surface area contributed by atoms with Gasteiger partial charge in [-0.2, -0.15) is 5.10 Å². The van der Waals surface area contributed by atoms with Gasteiger partial charge in [-0.1, -0.05) is 62.9 Å². The molecule has 0 aliphatic heterocycles. The van der Waals surface area contributed by atoms with Crippen LogP contribution in [0, 0.1) is 5.41 Å². The monoisotopic (exact) mass is 383 g/mol. The molecule has 0 amide bonds. The van der Waals surface area contributed by atoms with Gasteiger partial charge in [0.05, 0.1) is 12.1 Å². The van der Waals surface area contributed by atoms with Crippen LogP contribution >= 0.6 is 23.2 Å². The van der Waals surface area contributed by atoms with Crippen LogP contribution in [-0.4, -0.2) is 26.0 Å². The van der Waals surface area contributed by atoms with Crippen LogP contribution in [0.15, 0.2) is 30.9 Å². The quantitative estimate of drug-likeness (QED) is 0.626. The number of aliphatic hydroxyl groups is 1.